The van der Waals surface area contributed by atoms with Gasteiger partial charge in [-0.2, -0.15) is 13.2 Å². The molecule has 0 saturated carbocycles. The molecule has 1 unspecified atom stereocenters. The minimum atomic E-state index is -4.44. The normalized spacial score (nSPS) is 15.8. The molecule has 0 fully saturated rings. The molecule has 2 aromatic carbocycles. The second-order valence-electron chi connectivity index (χ2n) is 6.44. The topological polar surface area (TPSA) is 47.6 Å². The van der Waals surface area contributed by atoms with Crippen molar-refractivity contribution in [2.24, 2.45) is 0 Å². The Labute approximate surface area is 155 Å². The van der Waals surface area contributed by atoms with Gasteiger partial charge in [0, 0.05) is 18.1 Å². The van der Waals surface area contributed by atoms with Crippen LogP contribution in [-0.2, 0) is 23.8 Å². The lowest BCUT2D eigenvalue weighted by Gasteiger charge is -2.14. The largest absolute Gasteiger partial charge is 0.492 e. The van der Waals surface area contributed by atoms with Crippen LogP contribution in [0.4, 0.5) is 18.9 Å². The fraction of sp³-hybridized carbons (Fsp3) is 0.350. The van der Waals surface area contributed by atoms with Gasteiger partial charge in [0.15, 0.2) is 0 Å². The average Bonchev–Trinajstić information content (AvgIpc) is 2.93. The summed E-state index contributed by atoms with van der Waals surface area (Å²) in [5.74, 6) is 0.771. The van der Waals surface area contributed by atoms with Gasteiger partial charge in [0.2, 0.25) is 5.91 Å². The number of halogens is 3. The van der Waals surface area contributed by atoms with Gasteiger partial charge < -0.3 is 14.8 Å². The van der Waals surface area contributed by atoms with Crippen molar-refractivity contribution in [3.05, 3.63) is 53.1 Å². The summed E-state index contributed by atoms with van der Waals surface area (Å²) in [6.45, 7) is 4.21. The first kappa shape index (κ1) is 19.1. The van der Waals surface area contributed by atoms with E-state index in [1.165, 1.54) is 12.1 Å². The van der Waals surface area contributed by atoms with Gasteiger partial charge in [-0.1, -0.05) is 18.2 Å². The fourth-order valence-electron chi connectivity index (χ4n) is 3.05. The summed E-state index contributed by atoms with van der Waals surface area (Å²) in [5, 5.41) is 2.72. The molecule has 0 aliphatic carbocycles. The van der Waals surface area contributed by atoms with Crippen LogP contribution < -0.4 is 14.8 Å². The molecule has 0 saturated heterocycles. The molecule has 3 rings (SSSR count). The summed E-state index contributed by atoms with van der Waals surface area (Å²) in [6, 6.07) is 8.29. The zero-order valence-corrected chi connectivity index (χ0v) is 15.0. The number of benzene rings is 2. The third-order valence-electron chi connectivity index (χ3n) is 4.19. The third kappa shape index (κ3) is 4.53. The highest BCUT2D eigenvalue weighted by Gasteiger charge is 2.30. The van der Waals surface area contributed by atoms with E-state index in [-0.39, 0.29) is 18.1 Å². The number of carbonyl (C=O) groups is 1. The highest BCUT2D eigenvalue weighted by atomic mass is 19.4. The Kier molecular flexibility index (Phi) is 5.30. The summed E-state index contributed by atoms with van der Waals surface area (Å²) in [6.07, 6.45) is -3.81. The predicted octanol–water partition coefficient (Wildman–Crippen LogP) is 4.61. The van der Waals surface area contributed by atoms with Crippen LogP contribution in [0.3, 0.4) is 0 Å². The Morgan fingerprint density at radius 1 is 1.30 bits per heavy atom. The molecule has 7 heteroatoms. The molecular weight excluding hydrogens is 359 g/mol. The highest BCUT2D eigenvalue weighted by molar-refractivity contribution is 5.94. The number of rotatable bonds is 5. The summed E-state index contributed by atoms with van der Waals surface area (Å²) in [7, 11) is 0. The molecule has 27 heavy (non-hydrogen) atoms. The third-order valence-corrected chi connectivity index (χ3v) is 4.19. The van der Waals surface area contributed by atoms with E-state index in [1.54, 1.807) is 6.07 Å². The van der Waals surface area contributed by atoms with Crippen LogP contribution in [0.2, 0.25) is 0 Å². The van der Waals surface area contributed by atoms with Crippen molar-refractivity contribution in [2.75, 3.05) is 11.9 Å². The van der Waals surface area contributed by atoms with Gasteiger partial charge in [-0.25, -0.2) is 0 Å². The Morgan fingerprint density at radius 2 is 2.07 bits per heavy atom. The van der Waals surface area contributed by atoms with E-state index >= 15 is 0 Å². The van der Waals surface area contributed by atoms with Crippen molar-refractivity contribution >= 4 is 11.6 Å². The summed E-state index contributed by atoms with van der Waals surface area (Å²) in [5.41, 5.74) is 0.956. The number of hydrogen-bond acceptors (Lipinski definition) is 3. The lowest BCUT2D eigenvalue weighted by molar-refractivity contribution is -0.137. The van der Waals surface area contributed by atoms with Crippen molar-refractivity contribution in [1.29, 1.82) is 0 Å². The first-order valence-electron chi connectivity index (χ1n) is 8.68. The number of hydrogen-bond donors (Lipinski definition) is 1. The number of ether oxygens (including phenoxy) is 2. The number of alkyl halides is 3. The van der Waals surface area contributed by atoms with Crippen molar-refractivity contribution in [2.45, 2.75) is 39.0 Å². The van der Waals surface area contributed by atoms with Crippen LogP contribution in [-0.4, -0.2) is 18.6 Å². The first-order valence-corrected chi connectivity index (χ1v) is 8.68. The van der Waals surface area contributed by atoms with E-state index in [0.29, 0.717) is 23.8 Å². The number of fused-ring (bicyclic) bond motifs is 1. The van der Waals surface area contributed by atoms with E-state index in [0.717, 1.165) is 24.1 Å². The second-order valence-corrected chi connectivity index (χ2v) is 6.44. The maximum absolute atomic E-state index is 12.8. The first-order chi connectivity index (χ1) is 12.8. The van der Waals surface area contributed by atoms with Crippen LogP contribution in [0, 0.1) is 0 Å². The molecule has 4 nitrogen and oxygen atoms in total. The van der Waals surface area contributed by atoms with E-state index in [1.807, 2.05) is 19.9 Å². The molecule has 0 bridgehead atoms. The quantitative estimate of drug-likeness (QED) is 0.825. The molecule has 1 aliphatic heterocycles. The van der Waals surface area contributed by atoms with Crippen LogP contribution >= 0.6 is 0 Å². The van der Waals surface area contributed by atoms with Gasteiger partial charge in [0.25, 0.3) is 0 Å². The maximum Gasteiger partial charge on any atom is 0.416 e. The van der Waals surface area contributed by atoms with Gasteiger partial charge in [-0.3, -0.25) is 4.79 Å². The van der Waals surface area contributed by atoms with Crippen molar-refractivity contribution in [1.82, 2.24) is 0 Å². The second kappa shape index (κ2) is 7.50. The Bertz CT molecular complexity index is 849. The van der Waals surface area contributed by atoms with Gasteiger partial charge in [0.1, 0.15) is 17.6 Å². The van der Waals surface area contributed by atoms with E-state index in [2.05, 4.69) is 5.32 Å². The van der Waals surface area contributed by atoms with Gasteiger partial charge in [-0.05, 0) is 31.5 Å². The minimum absolute atomic E-state index is 0.0468. The fourth-order valence-corrected chi connectivity index (χ4v) is 3.05. The molecular formula is C20H20F3NO3. The Hall–Kier alpha value is -2.70. The Morgan fingerprint density at radius 3 is 2.78 bits per heavy atom. The highest BCUT2D eigenvalue weighted by Crippen LogP contribution is 2.38. The van der Waals surface area contributed by atoms with Gasteiger partial charge in [0.05, 0.1) is 24.3 Å². The van der Waals surface area contributed by atoms with E-state index < -0.39 is 17.6 Å². The van der Waals surface area contributed by atoms with Crippen LogP contribution in [0.1, 0.15) is 30.5 Å². The number of amides is 1. The average molecular weight is 379 g/mol. The molecule has 1 N–H and O–H groups in total. The number of carbonyl (C=O) groups excluding carboxylic acids is 1. The SMILES string of the molecule is CCOc1cc2c(cc1NC(=O)Cc1cccc(C(F)(F)F)c1)OC(C)C2. The lowest BCUT2D eigenvalue weighted by atomic mass is 10.1. The minimum Gasteiger partial charge on any atom is -0.492 e. The van der Waals surface area contributed by atoms with Crippen molar-refractivity contribution in [3.8, 4) is 11.5 Å². The molecule has 0 radical (unpaired) electrons. The zero-order chi connectivity index (χ0) is 19.6. The number of anilines is 1. The predicted molar refractivity (Wildman–Crippen MR) is 95.2 cm³/mol. The van der Waals surface area contributed by atoms with Gasteiger partial charge in [-0.15, -0.1) is 0 Å². The van der Waals surface area contributed by atoms with Gasteiger partial charge >= 0.3 is 6.18 Å². The summed E-state index contributed by atoms with van der Waals surface area (Å²) in [4.78, 5) is 12.4. The van der Waals surface area contributed by atoms with Crippen LogP contribution in [0.15, 0.2) is 36.4 Å². The molecule has 2 aromatic rings. The molecule has 1 aliphatic rings. The molecule has 0 aromatic heterocycles. The van der Waals surface area contributed by atoms with Crippen molar-refractivity contribution in [3.63, 3.8) is 0 Å². The molecule has 1 heterocycles. The number of nitrogens with one attached hydrogen (secondary N) is 1. The van der Waals surface area contributed by atoms with E-state index in [9.17, 15) is 18.0 Å². The maximum atomic E-state index is 12.8. The molecule has 1 amide bonds. The molecule has 0 spiro atoms. The summed E-state index contributed by atoms with van der Waals surface area (Å²) >= 11 is 0. The Balaban J connectivity index is 1.77. The monoisotopic (exact) mass is 379 g/mol. The zero-order valence-electron chi connectivity index (χ0n) is 15.0. The van der Waals surface area contributed by atoms with Crippen LogP contribution in [0.25, 0.3) is 0 Å². The van der Waals surface area contributed by atoms with Crippen LogP contribution in [0.5, 0.6) is 11.5 Å². The molecule has 144 valence electrons. The lowest BCUT2D eigenvalue weighted by Crippen LogP contribution is -2.16. The summed E-state index contributed by atoms with van der Waals surface area (Å²) < 4.78 is 49.7. The smallest absolute Gasteiger partial charge is 0.416 e. The molecule has 1 atom stereocenters. The standard InChI is InChI=1S/C20H20F3NO3/c1-3-26-18-10-14-7-12(2)27-17(14)11-16(18)24-19(25)9-13-5-4-6-15(8-13)20(21,22)23/h4-6,8,10-12H,3,7,9H2,1-2H3,(H,24,25). The van der Waals surface area contributed by atoms with Crippen molar-refractivity contribution < 1.29 is 27.4 Å². The van der Waals surface area contributed by atoms with E-state index in [4.69, 9.17) is 9.47 Å².